The molecule has 0 aromatic rings. The van der Waals surface area contributed by atoms with Crippen molar-refractivity contribution in [1.29, 1.82) is 0 Å². The fourth-order valence-corrected chi connectivity index (χ4v) is 3.35. The molecule has 0 amide bonds. The molecule has 2 unspecified atom stereocenters. The van der Waals surface area contributed by atoms with Gasteiger partial charge in [0.15, 0.2) is 0 Å². The number of carboxylic acids is 2. The van der Waals surface area contributed by atoms with Gasteiger partial charge in [-0.15, -0.1) is 0 Å². The van der Waals surface area contributed by atoms with E-state index < -0.39 is 22.8 Å². The Morgan fingerprint density at radius 1 is 1.00 bits per heavy atom. The van der Waals surface area contributed by atoms with Crippen molar-refractivity contribution in [1.82, 2.24) is 0 Å². The van der Waals surface area contributed by atoms with Crippen molar-refractivity contribution in [3.63, 3.8) is 0 Å². The summed E-state index contributed by atoms with van der Waals surface area (Å²) in [6.07, 6.45) is 2.22. The highest BCUT2D eigenvalue weighted by Crippen LogP contribution is 2.63. The Morgan fingerprint density at radius 2 is 1.33 bits per heavy atom. The first kappa shape index (κ1) is 10.2. The highest BCUT2D eigenvalue weighted by Gasteiger charge is 2.58. The second-order valence-corrected chi connectivity index (χ2v) is 5.16. The molecule has 2 aliphatic carbocycles. The van der Waals surface area contributed by atoms with Gasteiger partial charge in [0.25, 0.3) is 0 Å². The zero-order valence-electron chi connectivity index (χ0n) is 8.83. The topological polar surface area (TPSA) is 74.6 Å². The first-order valence-electron chi connectivity index (χ1n) is 5.02. The molecular weight excluding hydrogens is 196 g/mol. The smallest absolute Gasteiger partial charge is 0.332 e. The lowest BCUT2D eigenvalue weighted by Crippen LogP contribution is -2.25. The Labute approximate surface area is 87.6 Å². The summed E-state index contributed by atoms with van der Waals surface area (Å²) < 4.78 is 0. The molecule has 0 aromatic carbocycles. The molecule has 2 bridgehead atoms. The van der Waals surface area contributed by atoms with Gasteiger partial charge in [0, 0.05) is 10.8 Å². The molecule has 82 valence electrons. The van der Waals surface area contributed by atoms with E-state index in [1.807, 2.05) is 13.8 Å². The van der Waals surface area contributed by atoms with Gasteiger partial charge in [0.05, 0.1) is 11.1 Å². The maximum Gasteiger partial charge on any atom is 0.332 e. The van der Waals surface area contributed by atoms with Crippen LogP contribution in [0.3, 0.4) is 0 Å². The number of carbonyl (C=O) groups is 2. The lowest BCUT2D eigenvalue weighted by Gasteiger charge is -2.25. The Bertz CT molecular complexity index is 359. The van der Waals surface area contributed by atoms with Gasteiger partial charge in [-0.25, -0.2) is 9.59 Å². The van der Waals surface area contributed by atoms with Crippen LogP contribution >= 0.6 is 0 Å². The van der Waals surface area contributed by atoms with Gasteiger partial charge in [-0.2, -0.15) is 0 Å². The molecule has 2 aliphatic rings. The first-order chi connectivity index (χ1) is 6.80. The van der Waals surface area contributed by atoms with Crippen LogP contribution in [0.2, 0.25) is 0 Å². The van der Waals surface area contributed by atoms with Gasteiger partial charge in [-0.05, 0) is 19.3 Å². The molecule has 0 aliphatic heterocycles. The van der Waals surface area contributed by atoms with E-state index in [4.69, 9.17) is 10.2 Å². The molecule has 4 nitrogen and oxygen atoms in total. The molecule has 2 N–H and O–H groups in total. The standard InChI is InChI=1S/C11H14O4/c1-10-3-4-11(2,5-10)7(9(14)15)6(10)8(12)13/h3-5H2,1-2H3,(H,12,13)(H,14,15). The van der Waals surface area contributed by atoms with E-state index in [0.29, 0.717) is 6.42 Å². The summed E-state index contributed by atoms with van der Waals surface area (Å²) in [4.78, 5) is 22.3. The number of hydrogen-bond acceptors (Lipinski definition) is 2. The van der Waals surface area contributed by atoms with Gasteiger partial charge in [-0.3, -0.25) is 0 Å². The molecule has 2 atom stereocenters. The predicted molar refractivity (Wildman–Crippen MR) is 52.4 cm³/mol. The maximum atomic E-state index is 11.1. The molecule has 4 heteroatoms. The van der Waals surface area contributed by atoms with E-state index in [0.717, 1.165) is 12.8 Å². The summed E-state index contributed by atoms with van der Waals surface area (Å²) in [5, 5.41) is 18.2. The highest BCUT2D eigenvalue weighted by atomic mass is 16.4. The average molecular weight is 210 g/mol. The van der Waals surface area contributed by atoms with Crippen molar-refractivity contribution in [2.75, 3.05) is 0 Å². The summed E-state index contributed by atoms with van der Waals surface area (Å²) >= 11 is 0. The predicted octanol–water partition coefficient (Wildman–Crippen LogP) is 1.66. The van der Waals surface area contributed by atoms with Crippen LogP contribution in [0.4, 0.5) is 0 Å². The highest BCUT2D eigenvalue weighted by molar-refractivity contribution is 6.02. The van der Waals surface area contributed by atoms with Gasteiger partial charge in [0.2, 0.25) is 0 Å². The van der Waals surface area contributed by atoms with Crippen molar-refractivity contribution < 1.29 is 19.8 Å². The van der Waals surface area contributed by atoms with E-state index in [1.54, 1.807) is 0 Å². The van der Waals surface area contributed by atoms with Crippen molar-refractivity contribution in [2.45, 2.75) is 33.1 Å². The fraction of sp³-hybridized carbons (Fsp3) is 0.636. The van der Waals surface area contributed by atoms with Crippen LogP contribution in [0.15, 0.2) is 11.1 Å². The second kappa shape index (κ2) is 2.62. The molecule has 1 fully saturated rings. The summed E-state index contributed by atoms with van der Waals surface area (Å²) in [5.41, 5.74) is -0.615. The van der Waals surface area contributed by atoms with E-state index in [-0.39, 0.29) is 11.1 Å². The van der Waals surface area contributed by atoms with Crippen LogP contribution in [-0.2, 0) is 9.59 Å². The molecule has 2 rings (SSSR count). The number of fused-ring (bicyclic) bond motifs is 2. The van der Waals surface area contributed by atoms with Crippen LogP contribution in [0, 0.1) is 10.8 Å². The molecule has 0 aromatic heterocycles. The lowest BCUT2D eigenvalue weighted by atomic mass is 9.78. The van der Waals surface area contributed by atoms with Crippen LogP contribution in [0.1, 0.15) is 33.1 Å². The summed E-state index contributed by atoms with van der Waals surface area (Å²) in [5.74, 6) is -2.14. The van der Waals surface area contributed by atoms with Crippen LogP contribution in [0.5, 0.6) is 0 Å². The van der Waals surface area contributed by atoms with E-state index in [1.165, 1.54) is 0 Å². The maximum absolute atomic E-state index is 11.1. The largest absolute Gasteiger partial charge is 0.478 e. The van der Waals surface area contributed by atoms with E-state index in [9.17, 15) is 9.59 Å². The van der Waals surface area contributed by atoms with Crippen molar-refractivity contribution in [2.24, 2.45) is 10.8 Å². The van der Waals surface area contributed by atoms with Crippen LogP contribution in [0.25, 0.3) is 0 Å². The van der Waals surface area contributed by atoms with Crippen molar-refractivity contribution in [3.8, 4) is 0 Å². The molecule has 0 spiro atoms. The Balaban J connectivity index is 2.65. The molecular formula is C11H14O4. The zero-order valence-corrected chi connectivity index (χ0v) is 8.83. The monoisotopic (exact) mass is 210 g/mol. The SMILES string of the molecule is CC12CCC(C)(C1)C(C(=O)O)=C2C(=O)O. The first-order valence-corrected chi connectivity index (χ1v) is 5.02. The van der Waals surface area contributed by atoms with Gasteiger partial charge in [-0.1, -0.05) is 13.8 Å². The zero-order chi connectivity index (χ0) is 11.4. The minimum Gasteiger partial charge on any atom is -0.478 e. The molecule has 15 heavy (non-hydrogen) atoms. The third-order valence-corrected chi connectivity index (χ3v) is 3.89. The number of aliphatic carboxylic acids is 2. The van der Waals surface area contributed by atoms with Crippen LogP contribution in [-0.4, -0.2) is 22.2 Å². The van der Waals surface area contributed by atoms with Crippen LogP contribution < -0.4 is 0 Å². The number of rotatable bonds is 2. The third-order valence-electron chi connectivity index (χ3n) is 3.89. The minimum absolute atomic E-state index is 0.128. The van der Waals surface area contributed by atoms with Gasteiger partial charge >= 0.3 is 11.9 Å². The van der Waals surface area contributed by atoms with Crippen molar-refractivity contribution >= 4 is 11.9 Å². The van der Waals surface area contributed by atoms with Gasteiger partial charge < -0.3 is 10.2 Å². The Kier molecular flexibility index (Phi) is 1.78. The molecule has 1 saturated carbocycles. The summed E-state index contributed by atoms with van der Waals surface area (Å²) in [7, 11) is 0. The molecule has 0 saturated heterocycles. The second-order valence-electron chi connectivity index (χ2n) is 5.16. The third kappa shape index (κ3) is 1.14. The summed E-state index contributed by atoms with van der Waals surface area (Å²) in [6, 6.07) is 0. The van der Waals surface area contributed by atoms with E-state index in [2.05, 4.69) is 0 Å². The normalized spacial score (nSPS) is 38.5. The lowest BCUT2D eigenvalue weighted by molar-refractivity contribution is -0.137. The van der Waals surface area contributed by atoms with Crippen molar-refractivity contribution in [3.05, 3.63) is 11.1 Å². The number of carboxylic acid groups (broad SMARTS) is 2. The fourth-order valence-electron chi connectivity index (χ4n) is 3.35. The Hall–Kier alpha value is -1.32. The van der Waals surface area contributed by atoms with Gasteiger partial charge in [0.1, 0.15) is 0 Å². The summed E-state index contributed by atoms with van der Waals surface area (Å²) in [6.45, 7) is 3.72. The van der Waals surface area contributed by atoms with E-state index >= 15 is 0 Å². The average Bonchev–Trinajstić information content (AvgIpc) is 2.49. The molecule has 0 radical (unpaired) electrons. The minimum atomic E-state index is -1.07. The number of hydrogen-bond donors (Lipinski definition) is 2. The molecule has 0 heterocycles. The quantitative estimate of drug-likeness (QED) is 0.726. The Morgan fingerprint density at radius 3 is 1.60 bits per heavy atom.